The zero-order valence-corrected chi connectivity index (χ0v) is 19.0. The Labute approximate surface area is 182 Å². The molecule has 2 amide bonds. The molecule has 0 aliphatic heterocycles. The molecule has 0 spiro atoms. The first-order chi connectivity index (χ1) is 14.2. The van der Waals surface area contributed by atoms with Crippen molar-refractivity contribution in [2.24, 2.45) is 0 Å². The summed E-state index contributed by atoms with van der Waals surface area (Å²) in [6.45, 7) is 2.57. The number of carbonyl (C=O) groups excluding carboxylic acids is 2. The summed E-state index contributed by atoms with van der Waals surface area (Å²) in [7, 11) is -2.07. The number of sulfonamides is 1. The van der Waals surface area contributed by atoms with E-state index >= 15 is 0 Å². The van der Waals surface area contributed by atoms with E-state index in [9.17, 15) is 18.0 Å². The van der Waals surface area contributed by atoms with Crippen LogP contribution in [0.2, 0.25) is 0 Å². The molecule has 2 rings (SSSR count). The van der Waals surface area contributed by atoms with Gasteiger partial charge in [0.2, 0.25) is 15.9 Å². The molecule has 0 unspecified atom stereocenters. The van der Waals surface area contributed by atoms with Crippen molar-refractivity contribution in [3.05, 3.63) is 54.1 Å². The van der Waals surface area contributed by atoms with Gasteiger partial charge in [-0.2, -0.15) is 0 Å². The molecule has 0 saturated carbocycles. The van der Waals surface area contributed by atoms with Crippen LogP contribution in [0.25, 0.3) is 0 Å². The Kier molecular flexibility index (Phi) is 8.73. The lowest BCUT2D eigenvalue weighted by molar-refractivity contribution is -0.120. The van der Waals surface area contributed by atoms with Crippen molar-refractivity contribution in [2.75, 3.05) is 35.2 Å². The lowest BCUT2D eigenvalue weighted by Gasteiger charge is -2.19. The van der Waals surface area contributed by atoms with Crippen LogP contribution < -0.4 is 14.9 Å². The Morgan fingerprint density at radius 2 is 1.73 bits per heavy atom. The van der Waals surface area contributed by atoms with E-state index in [2.05, 4.69) is 10.6 Å². The van der Waals surface area contributed by atoms with Crippen molar-refractivity contribution < 1.29 is 18.0 Å². The fourth-order valence-corrected chi connectivity index (χ4v) is 3.91. The zero-order valence-electron chi connectivity index (χ0n) is 17.3. The summed E-state index contributed by atoms with van der Waals surface area (Å²) in [6, 6.07) is 13.9. The standard InChI is InChI=1S/C21H27N3O4S2/c1-4-7-20(25)22-14-15-29-17-12-10-16(11-13-17)23-21(26)18-8-5-6-9-19(18)24(2)30(3,27)28/h5-6,8-13H,4,7,14-15H2,1-3H3,(H,22,25)(H,23,26). The predicted molar refractivity (Wildman–Crippen MR) is 123 cm³/mol. The minimum absolute atomic E-state index is 0.0676. The first-order valence-electron chi connectivity index (χ1n) is 9.56. The van der Waals surface area contributed by atoms with Crippen LogP contribution in [0.15, 0.2) is 53.4 Å². The normalized spacial score (nSPS) is 11.0. The molecule has 0 atom stereocenters. The van der Waals surface area contributed by atoms with Crippen LogP contribution in [0.1, 0.15) is 30.1 Å². The van der Waals surface area contributed by atoms with Gasteiger partial charge in [-0.3, -0.25) is 13.9 Å². The van der Waals surface area contributed by atoms with Crippen LogP contribution in [0, 0.1) is 0 Å². The number of nitrogens with zero attached hydrogens (tertiary/aromatic N) is 1. The van der Waals surface area contributed by atoms with Gasteiger partial charge in [-0.15, -0.1) is 11.8 Å². The molecular weight excluding hydrogens is 422 g/mol. The average molecular weight is 450 g/mol. The SMILES string of the molecule is CCCC(=O)NCCSc1ccc(NC(=O)c2ccccc2N(C)S(C)(=O)=O)cc1. The Morgan fingerprint density at radius 1 is 1.07 bits per heavy atom. The Balaban J connectivity index is 1.96. The number of hydrogen-bond acceptors (Lipinski definition) is 5. The van der Waals surface area contributed by atoms with Gasteiger partial charge in [0, 0.05) is 36.3 Å². The molecule has 0 saturated heterocycles. The molecule has 162 valence electrons. The second kappa shape index (κ2) is 11.0. The van der Waals surface area contributed by atoms with E-state index in [0.717, 1.165) is 27.6 Å². The molecule has 0 aromatic heterocycles. The largest absolute Gasteiger partial charge is 0.355 e. The molecule has 9 heteroatoms. The Morgan fingerprint density at radius 3 is 2.37 bits per heavy atom. The second-order valence-corrected chi connectivity index (χ2v) is 9.86. The molecular formula is C21H27N3O4S2. The number of amides is 2. The summed E-state index contributed by atoms with van der Waals surface area (Å²) in [5.74, 6) is 0.435. The van der Waals surface area contributed by atoms with E-state index in [0.29, 0.717) is 24.3 Å². The van der Waals surface area contributed by atoms with Crippen LogP contribution in [0.5, 0.6) is 0 Å². The van der Waals surface area contributed by atoms with Crippen molar-refractivity contribution in [3.63, 3.8) is 0 Å². The molecule has 2 aromatic rings. The van der Waals surface area contributed by atoms with Gasteiger partial charge < -0.3 is 10.6 Å². The van der Waals surface area contributed by atoms with E-state index in [4.69, 9.17) is 0 Å². The Hall–Kier alpha value is -2.52. The van der Waals surface area contributed by atoms with Gasteiger partial charge in [0.15, 0.2) is 0 Å². The molecule has 2 aromatic carbocycles. The molecule has 0 aliphatic carbocycles. The summed E-state index contributed by atoms with van der Waals surface area (Å²) in [4.78, 5) is 25.2. The highest BCUT2D eigenvalue weighted by atomic mass is 32.2. The molecule has 30 heavy (non-hydrogen) atoms. The second-order valence-electron chi connectivity index (χ2n) is 6.67. The topological polar surface area (TPSA) is 95.6 Å². The van der Waals surface area contributed by atoms with Crippen molar-refractivity contribution >= 4 is 45.0 Å². The first kappa shape index (κ1) is 23.8. The molecule has 0 bridgehead atoms. The average Bonchev–Trinajstić information content (AvgIpc) is 2.71. The highest BCUT2D eigenvalue weighted by molar-refractivity contribution is 7.99. The van der Waals surface area contributed by atoms with Gasteiger partial charge in [0.05, 0.1) is 17.5 Å². The minimum atomic E-state index is -3.49. The highest BCUT2D eigenvalue weighted by Crippen LogP contribution is 2.24. The minimum Gasteiger partial charge on any atom is -0.355 e. The molecule has 0 fully saturated rings. The summed E-state index contributed by atoms with van der Waals surface area (Å²) in [6.07, 6.45) is 2.47. The maximum Gasteiger partial charge on any atom is 0.257 e. The van der Waals surface area contributed by atoms with Crippen molar-refractivity contribution in [3.8, 4) is 0 Å². The van der Waals surface area contributed by atoms with E-state index in [-0.39, 0.29) is 17.4 Å². The smallest absolute Gasteiger partial charge is 0.257 e. The van der Waals surface area contributed by atoms with E-state index in [1.807, 2.05) is 19.1 Å². The summed E-state index contributed by atoms with van der Waals surface area (Å²) >= 11 is 1.61. The van der Waals surface area contributed by atoms with Gasteiger partial charge >= 0.3 is 0 Å². The van der Waals surface area contributed by atoms with Crippen LogP contribution in [-0.2, 0) is 14.8 Å². The summed E-state index contributed by atoms with van der Waals surface area (Å²) in [5, 5.41) is 5.67. The van der Waals surface area contributed by atoms with Gasteiger partial charge in [-0.1, -0.05) is 19.1 Å². The fourth-order valence-electron chi connectivity index (χ4n) is 2.63. The van der Waals surface area contributed by atoms with E-state index in [1.165, 1.54) is 7.05 Å². The third kappa shape index (κ3) is 7.07. The van der Waals surface area contributed by atoms with E-state index in [1.54, 1.807) is 48.2 Å². The van der Waals surface area contributed by atoms with Crippen molar-refractivity contribution in [1.29, 1.82) is 0 Å². The summed E-state index contributed by atoms with van der Waals surface area (Å²) in [5.41, 5.74) is 1.19. The van der Waals surface area contributed by atoms with Gasteiger partial charge in [0.1, 0.15) is 0 Å². The Bertz CT molecular complexity index is 976. The molecule has 0 radical (unpaired) electrons. The molecule has 0 aliphatic rings. The van der Waals surface area contributed by atoms with Gasteiger partial charge in [-0.05, 0) is 42.8 Å². The molecule has 0 heterocycles. The lowest BCUT2D eigenvalue weighted by atomic mass is 10.1. The number of nitrogens with one attached hydrogen (secondary N) is 2. The number of rotatable bonds is 10. The summed E-state index contributed by atoms with van der Waals surface area (Å²) < 4.78 is 24.8. The van der Waals surface area contributed by atoms with Crippen LogP contribution >= 0.6 is 11.8 Å². The van der Waals surface area contributed by atoms with Gasteiger partial charge in [0.25, 0.3) is 5.91 Å². The molecule has 7 nitrogen and oxygen atoms in total. The lowest BCUT2D eigenvalue weighted by Crippen LogP contribution is -2.27. The maximum atomic E-state index is 12.7. The van der Waals surface area contributed by atoms with Crippen LogP contribution in [-0.4, -0.2) is 45.8 Å². The van der Waals surface area contributed by atoms with E-state index < -0.39 is 10.0 Å². The monoisotopic (exact) mass is 449 g/mol. The van der Waals surface area contributed by atoms with Crippen LogP contribution in [0.3, 0.4) is 0 Å². The quantitative estimate of drug-likeness (QED) is 0.428. The third-order valence-corrected chi connectivity index (χ3v) is 6.47. The number of carbonyl (C=O) groups is 2. The number of anilines is 2. The van der Waals surface area contributed by atoms with Crippen LogP contribution in [0.4, 0.5) is 11.4 Å². The van der Waals surface area contributed by atoms with Crippen molar-refractivity contribution in [1.82, 2.24) is 5.32 Å². The number of thioether (sulfide) groups is 1. The number of hydrogen-bond donors (Lipinski definition) is 2. The maximum absolute atomic E-state index is 12.7. The van der Waals surface area contributed by atoms with Crippen molar-refractivity contribution in [2.45, 2.75) is 24.7 Å². The highest BCUT2D eigenvalue weighted by Gasteiger charge is 2.19. The molecule has 2 N–H and O–H groups in total. The third-order valence-electron chi connectivity index (χ3n) is 4.27. The number of benzene rings is 2. The first-order valence-corrected chi connectivity index (χ1v) is 12.4. The fraction of sp³-hybridized carbons (Fsp3) is 0.333. The zero-order chi connectivity index (χ0) is 22.1. The predicted octanol–water partition coefficient (Wildman–Crippen LogP) is 3.34. The van der Waals surface area contributed by atoms with Gasteiger partial charge in [-0.25, -0.2) is 8.42 Å². The number of para-hydroxylation sites is 1.